The number of hydrogen-bond donors (Lipinski definition) is 2. The predicted molar refractivity (Wildman–Crippen MR) is 106 cm³/mol. The van der Waals surface area contributed by atoms with Crippen LogP contribution in [0.1, 0.15) is 12.5 Å². The number of anilines is 1. The van der Waals surface area contributed by atoms with E-state index in [0.29, 0.717) is 32.8 Å². The Morgan fingerprint density at radius 3 is 2.81 bits per heavy atom. The van der Waals surface area contributed by atoms with Crippen LogP contribution in [0.4, 0.5) is 5.69 Å². The number of nitrogens with zero attached hydrogens (tertiary/aromatic N) is 4. The average molecular weight is 399 g/mol. The Kier molecular flexibility index (Phi) is 5.64. The van der Waals surface area contributed by atoms with Crippen molar-refractivity contribution in [3.05, 3.63) is 59.1 Å². The Balaban J connectivity index is 1.73. The monoisotopic (exact) mass is 398 g/mol. The predicted octanol–water partition coefficient (Wildman–Crippen LogP) is 3.30. The molecule has 0 bridgehead atoms. The van der Waals surface area contributed by atoms with Crippen LogP contribution in [0.15, 0.2) is 53.7 Å². The smallest absolute Gasteiger partial charge is 0.237 e. The fourth-order valence-corrected chi connectivity index (χ4v) is 3.30. The summed E-state index contributed by atoms with van der Waals surface area (Å²) >= 11 is 7.35. The zero-order valence-electron chi connectivity index (χ0n) is 14.3. The molecule has 0 spiro atoms. The average Bonchev–Trinajstić information content (AvgIpc) is 3.02. The summed E-state index contributed by atoms with van der Waals surface area (Å²) in [6.07, 6.45) is 0. The molecule has 7 nitrogen and oxygen atoms in total. The Labute approximate surface area is 165 Å². The van der Waals surface area contributed by atoms with Gasteiger partial charge in [0.15, 0.2) is 5.82 Å². The summed E-state index contributed by atoms with van der Waals surface area (Å²) in [6, 6.07) is 15.9. The van der Waals surface area contributed by atoms with Gasteiger partial charge < -0.3 is 11.2 Å². The van der Waals surface area contributed by atoms with Gasteiger partial charge in [0, 0.05) is 11.3 Å². The van der Waals surface area contributed by atoms with Gasteiger partial charge in [-0.3, -0.25) is 4.79 Å². The van der Waals surface area contributed by atoms with E-state index in [1.807, 2.05) is 18.2 Å². The van der Waals surface area contributed by atoms with Gasteiger partial charge in [0.05, 0.1) is 21.9 Å². The number of nitrogen functional groups attached to an aromatic ring is 1. The molecule has 0 saturated heterocycles. The van der Waals surface area contributed by atoms with Gasteiger partial charge in [-0.15, -0.1) is 10.2 Å². The van der Waals surface area contributed by atoms with E-state index in [9.17, 15) is 4.79 Å². The molecule has 3 aromatic rings. The third-order valence-electron chi connectivity index (χ3n) is 3.69. The quantitative estimate of drug-likeness (QED) is 0.504. The maximum absolute atomic E-state index is 12.4. The number of amides is 1. The Morgan fingerprint density at radius 2 is 2.07 bits per heavy atom. The fourth-order valence-electron chi connectivity index (χ4n) is 2.31. The van der Waals surface area contributed by atoms with Gasteiger partial charge in [-0.25, -0.2) is 4.68 Å². The summed E-state index contributed by atoms with van der Waals surface area (Å²) in [7, 11) is 0. The van der Waals surface area contributed by atoms with E-state index in [-0.39, 0.29) is 5.91 Å². The minimum Gasteiger partial charge on any atom is -0.335 e. The molecule has 0 aliphatic carbocycles. The van der Waals surface area contributed by atoms with E-state index < -0.39 is 5.25 Å². The standard InChI is InChI=1S/C18H15ClN6OS/c1-11(17(26)22-13-6-4-5-12(9-13)10-20)27-18-24-23-16(25(18)21)14-7-2-3-8-15(14)19/h2-9,11H,21H2,1H3,(H,22,26). The zero-order valence-corrected chi connectivity index (χ0v) is 15.8. The fraction of sp³-hybridized carbons (Fsp3) is 0.111. The molecule has 0 aliphatic heterocycles. The summed E-state index contributed by atoms with van der Waals surface area (Å²) in [5, 5.41) is 20.3. The summed E-state index contributed by atoms with van der Waals surface area (Å²) < 4.78 is 1.31. The maximum Gasteiger partial charge on any atom is 0.237 e. The third-order valence-corrected chi connectivity index (χ3v) is 5.08. The first-order valence-corrected chi connectivity index (χ1v) is 9.18. The van der Waals surface area contributed by atoms with Gasteiger partial charge in [-0.05, 0) is 37.3 Å². The topological polar surface area (TPSA) is 110 Å². The van der Waals surface area contributed by atoms with Crippen molar-refractivity contribution >= 4 is 35.0 Å². The van der Waals surface area contributed by atoms with Gasteiger partial charge in [0.1, 0.15) is 0 Å². The van der Waals surface area contributed by atoms with Crippen molar-refractivity contribution in [2.45, 2.75) is 17.3 Å². The number of halogens is 1. The first-order chi connectivity index (χ1) is 13.0. The minimum atomic E-state index is -0.485. The Morgan fingerprint density at radius 1 is 1.30 bits per heavy atom. The molecule has 0 aliphatic rings. The molecule has 3 N–H and O–H groups in total. The molecule has 3 rings (SSSR count). The lowest BCUT2D eigenvalue weighted by Crippen LogP contribution is -2.23. The van der Waals surface area contributed by atoms with Crippen molar-refractivity contribution in [2.75, 3.05) is 11.2 Å². The van der Waals surface area contributed by atoms with Crippen LogP contribution < -0.4 is 11.2 Å². The molecule has 1 unspecified atom stereocenters. The Bertz CT molecular complexity index is 1030. The normalized spacial score (nSPS) is 11.6. The summed E-state index contributed by atoms with van der Waals surface area (Å²) in [5.74, 6) is 6.26. The number of nitrogens with one attached hydrogen (secondary N) is 1. The molecule has 0 fully saturated rings. The second-order valence-electron chi connectivity index (χ2n) is 5.60. The molecule has 1 aromatic heterocycles. The molecule has 1 atom stereocenters. The van der Waals surface area contributed by atoms with Crippen molar-refractivity contribution in [3.63, 3.8) is 0 Å². The highest BCUT2D eigenvalue weighted by Crippen LogP contribution is 2.29. The van der Waals surface area contributed by atoms with Crippen molar-refractivity contribution in [2.24, 2.45) is 0 Å². The number of benzene rings is 2. The Hall–Kier alpha value is -3.02. The highest BCUT2D eigenvalue weighted by Gasteiger charge is 2.21. The number of hydrogen-bond acceptors (Lipinski definition) is 6. The zero-order chi connectivity index (χ0) is 19.4. The third kappa shape index (κ3) is 4.22. The lowest BCUT2D eigenvalue weighted by molar-refractivity contribution is -0.115. The van der Waals surface area contributed by atoms with Gasteiger partial charge in [-0.2, -0.15) is 5.26 Å². The van der Waals surface area contributed by atoms with E-state index in [4.69, 9.17) is 22.7 Å². The van der Waals surface area contributed by atoms with Gasteiger partial charge >= 0.3 is 0 Å². The molecule has 27 heavy (non-hydrogen) atoms. The maximum atomic E-state index is 12.4. The van der Waals surface area contributed by atoms with Gasteiger partial charge in [0.2, 0.25) is 11.1 Å². The number of aromatic nitrogens is 3. The number of nitriles is 1. The molecule has 1 heterocycles. The number of carbonyl (C=O) groups excluding carboxylic acids is 1. The van der Waals surface area contributed by atoms with Crippen LogP contribution in [-0.2, 0) is 4.79 Å². The van der Waals surface area contributed by atoms with E-state index in [1.54, 1.807) is 43.3 Å². The van der Waals surface area contributed by atoms with Crippen LogP contribution >= 0.6 is 23.4 Å². The lowest BCUT2D eigenvalue weighted by Gasteiger charge is -2.12. The highest BCUT2D eigenvalue weighted by molar-refractivity contribution is 8.00. The van der Waals surface area contributed by atoms with E-state index in [1.165, 1.54) is 16.4 Å². The molecule has 9 heteroatoms. The number of thioether (sulfide) groups is 1. The first-order valence-electron chi connectivity index (χ1n) is 7.92. The van der Waals surface area contributed by atoms with Crippen LogP contribution in [0.2, 0.25) is 5.02 Å². The van der Waals surface area contributed by atoms with Crippen LogP contribution in [0.5, 0.6) is 0 Å². The molecule has 0 radical (unpaired) electrons. The lowest BCUT2D eigenvalue weighted by atomic mass is 10.2. The second kappa shape index (κ2) is 8.12. The number of carbonyl (C=O) groups is 1. The SMILES string of the molecule is CC(Sc1nnc(-c2ccccc2Cl)n1N)C(=O)Nc1cccc(C#N)c1. The molecular weight excluding hydrogens is 384 g/mol. The van der Waals surface area contributed by atoms with Crippen molar-refractivity contribution in [1.82, 2.24) is 14.9 Å². The van der Waals surface area contributed by atoms with E-state index in [0.717, 1.165) is 0 Å². The molecular formula is C18H15ClN6OS. The molecule has 0 saturated carbocycles. The van der Waals surface area contributed by atoms with Crippen LogP contribution in [0, 0.1) is 11.3 Å². The van der Waals surface area contributed by atoms with Gasteiger partial charge in [-0.1, -0.05) is 41.6 Å². The van der Waals surface area contributed by atoms with Crippen molar-refractivity contribution in [3.8, 4) is 17.5 Å². The first kappa shape index (κ1) is 18.8. The summed E-state index contributed by atoms with van der Waals surface area (Å²) in [6.45, 7) is 1.73. The molecule has 2 aromatic carbocycles. The van der Waals surface area contributed by atoms with Crippen molar-refractivity contribution in [1.29, 1.82) is 5.26 Å². The summed E-state index contributed by atoms with van der Waals surface area (Å²) in [4.78, 5) is 12.4. The van der Waals surface area contributed by atoms with E-state index >= 15 is 0 Å². The number of rotatable bonds is 5. The van der Waals surface area contributed by atoms with Gasteiger partial charge in [0.25, 0.3) is 0 Å². The van der Waals surface area contributed by atoms with Crippen LogP contribution in [0.25, 0.3) is 11.4 Å². The minimum absolute atomic E-state index is 0.239. The van der Waals surface area contributed by atoms with Crippen molar-refractivity contribution < 1.29 is 4.79 Å². The van der Waals surface area contributed by atoms with E-state index in [2.05, 4.69) is 15.5 Å². The largest absolute Gasteiger partial charge is 0.335 e. The summed E-state index contributed by atoms with van der Waals surface area (Å²) in [5.41, 5.74) is 1.68. The highest BCUT2D eigenvalue weighted by atomic mass is 35.5. The molecule has 1 amide bonds. The molecule has 136 valence electrons. The van der Waals surface area contributed by atoms with Crippen LogP contribution in [-0.4, -0.2) is 26.0 Å². The van der Waals surface area contributed by atoms with Crippen LogP contribution in [0.3, 0.4) is 0 Å². The number of nitrogens with two attached hydrogens (primary N) is 1. The second-order valence-corrected chi connectivity index (χ2v) is 7.31.